The molecule has 0 radical (unpaired) electrons. The summed E-state index contributed by atoms with van der Waals surface area (Å²) in [6, 6.07) is 0.192. The topological polar surface area (TPSA) is 20.3 Å². The normalized spacial score (nSPS) is 22.5. The molecule has 122 valence electrons. The Morgan fingerprint density at radius 3 is 1.71 bits per heavy atom. The Kier molecular flexibility index (Phi) is 5.30. The molecule has 0 spiro atoms. The highest BCUT2D eigenvalue weighted by atomic mass is 32.2. The summed E-state index contributed by atoms with van der Waals surface area (Å²) in [5, 5.41) is 0. The van der Waals surface area contributed by atoms with Crippen LogP contribution in [0.3, 0.4) is 0 Å². The van der Waals surface area contributed by atoms with E-state index < -0.39 is 5.41 Å². The van der Waals surface area contributed by atoms with Crippen LogP contribution in [-0.4, -0.2) is 21.6 Å². The lowest BCUT2D eigenvalue weighted by Crippen LogP contribution is -2.50. The third kappa shape index (κ3) is 3.18. The molecule has 0 unspecified atom stereocenters. The summed E-state index contributed by atoms with van der Waals surface area (Å²) >= 11 is 1.90. The number of hydrogen-bond donors (Lipinski definition) is 0. The van der Waals surface area contributed by atoms with Crippen molar-refractivity contribution in [1.82, 2.24) is 4.90 Å². The Bertz CT molecular complexity index is 444. The van der Waals surface area contributed by atoms with Gasteiger partial charge in [0.15, 0.2) is 0 Å². The number of carbonyl (C=O) groups excluding carboxylic acids is 1. The molecule has 0 fully saturated rings. The molecule has 1 heterocycles. The quantitative estimate of drug-likeness (QED) is 0.705. The zero-order valence-electron chi connectivity index (χ0n) is 15.5. The fourth-order valence-electron chi connectivity index (χ4n) is 2.73. The monoisotopic (exact) mass is 311 g/mol. The van der Waals surface area contributed by atoms with Crippen LogP contribution in [0.4, 0.5) is 0 Å². The number of rotatable bonds is 3. The molecule has 0 aromatic carbocycles. The zero-order valence-corrected chi connectivity index (χ0v) is 16.3. The first-order chi connectivity index (χ1) is 9.34. The van der Waals surface area contributed by atoms with Crippen LogP contribution in [0, 0.1) is 17.3 Å². The van der Waals surface area contributed by atoms with Crippen LogP contribution in [0.15, 0.2) is 10.6 Å². The third-order valence-corrected chi connectivity index (χ3v) is 6.64. The van der Waals surface area contributed by atoms with Gasteiger partial charge in [-0.15, -0.1) is 11.8 Å². The highest BCUT2D eigenvalue weighted by Gasteiger charge is 2.50. The van der Waals surface area contributed by atoms with Crippen LogP contribution in [0.1, 0.15) is 69.2 Å². The highest BCUT2D eigenvalue weighted by molar-refractivity contribution is 8.04. The van der Waals surface area contributed by atoms with Gasteiger partial charge in [0.1, 0.15) is 0 Å². The van der Waals surface area contributed by atoms with E-state index in [9.17, 15) is 4.79 Å². The minimum absolute atomic E-state index is 0.118. The van der Waals surface area contributed by atoms with Gasteiger partial charge in [-0.25, -0.2) is 0 Å². The van der Waals surface area contributed by atoms with Crippen LogP contribution in [-0.2, 0) is 4.79 Å². The molecule has 1 amide bonds. The molecular formula is C18H33NOS. The van der Waals surface area contributed by atoms with Gasteiger partial charge in [-0.05, 0) is 53.4 Å². The van der Waals surface area contributed by atoms with Crippen molar-refractivity contribution >= 4 is 17.7 Å². The van der Waals surface area contributed by atoms with E-state index in [0.717, 1.165) is 0 Å². The van der Waals surface area contributed by atoms with E-state index in [4.69, 9.17) is 0 Å². The second-order valence-corrected chi connectivity index (χ2v) is 9.73. The van der Waals surface area contributed by atoms with Gasteiger partial charge in [0.25, 0.3) is 0 Å². The summed E-state index contributed by atoms with van der Waals surface area (Å²) in [5.41, 5.74) is 0.840. The lowest BCUT2D eigenvalue weighted by molar-refractivity contribution is -0.141. The average Bonchev–Trinajstić information content (AvgIpc) is 2.35. The number of allylic oxidation sites excluding steroid dienone is 2. The van der Waals surface area contributed by atoms with Gasteiger partial charge in [-0.2, -0.15) is 0 Å². The van der Waals surface area contributed by atoms with Gasteiger partial charge in [-0.3, -0.25) is 4.79 Å². The van der Waals surface area contributed by atoms with Crippen LogP contribution in [0.2, 0.25) is 0 Å². The van der Waals surface area contributed by atoms with Gasteiger partial charge in [0, 0.05) is 21.4 Å². The Morgan fingerprint density at radius 1 is 0.905 bits per heavy atom. The smallest absolute Gasteiger partial charge is 0.234 e. The lowest BCUT2D eigenvalue weighted by atomic mass is 9.78. The van der Waals surface area contributed by atoms with E-state index in [1.165, 1.54) is 10.6 Å². The maximum Gasteiger partial charge on any atom is 0.234 e. The minimum Gasteiger partial charge on any atom is -0.312 e. The van der Waals surface area contributed by atoms with E-state index in [1.807, 2.05) is 11.8 Å². The van der Waals surface area contributed by atoms with Crippen LogP contribution >= 0.6 is 11.8 Å². The highest BCUT2D eigenvalue weighted by Crippen LogP contribution is 2.53. The van der Waals surface area contributed by atoms with Crippen molar-refractivity contribution in [2.45, 2.75) is 80.0 Å². The molecule has 0 bridgehead atoms. The second-order valence-electron chi connectivity index (χ2n) is 8.07. The number of hydrogen-bond acceptors (Lipinski definition) is 2. The fourth-order valence-corrected chi connectivity index (χ4v) is 4.30. The molecule has 3 heteroatoms. The summed E-state index contributed by atoms with van der Waals surface area (Å²) in [6.45, 7) is 21.7. The van der Waals surface area contributed by atoms with Crippen molar-refractivity contribution in [2.24, 2.45) is 17.3 Å². The third-order valence-electron chi connectivity index (χ3n) is 4.72. The first kappa shape index (κ1) is 18.6. The van der Waals surface area contributed by atoms with Gasteiger partial charge in [0.05, 0.1) is 5.41 Å². The maximum atomic E-state index is 13.3. The predicted octanol–water partition coefficient (Wildman–Crippen LogP) is 5.30. The molecule has 0 saturated heterocycles. The van der Waals surface area contributed by atoms with Gasteiger partial charge >= 0.3 is 0 Å². The standard InChI is InChI=1S/C18H33NOS/c1-11(2)14-15(12(3)4)21-18(9,10)17(7,8)16(20)19(14)13(5)6/h11-13H,1-10H3. The summed E-state index contributed by atoms with van der Waals surface area (Å²) in [6.07, 6.45) is 0. The molecule has 0 aliphatic carbocycles. The Morgan fingerprint density at radius 2 is 1.38 bits per heavy atom. The SMILES string of the molecule is CC(C)C1=C(C(C)C)N(C(C)C)C(=O)C(C)(C)C(C)(C)S1. The molecule has 0 saturated carbocycles. The number of nitrogens with zero attached hydrogens (tertiary/aromatic N) is 1. The molecule has 2 nitrogen and oxygen atoms in total. The Balaban J connectivity index is 3.65. The zero-order chi connectivity index (χ0) is 16.7. The Labute approximate surface area is 135 Å². The summed E-state index contributed by atoms with van der Waals surface area (Å²) < 4.78 is -0.118. The van der Waals surface area contributed by atoms with E-state index in [2.05, 4.69) is 74.1 Å². The second kappa shape index (κ2) is 5.98. The molecule has 1 aliphatic heterocycles. The first-order valence-electron chi connectivity index (χ1n) is 8.11. The van der Waals surface area contributed by atoms with Crippen LogP contribution in [0.5, 0.6) is 0 Å². The van der Waals surface area contributed by atoms with Crippen molar-refractivity contribution in [1.29, 1.82) is 0 Å². The molecule has 0 aromatic heterocycles. The van der Waals surface area contributed by atoms with Crippen molar-refractivity contribution in [2.75, 3.05) is 0 Å². The van der Waals surface area contributed by atoms with E-state index in [0.29, 0.717) is 11.8 Å². The van der Waals surface area contributed by atoms with Crippen LogP contribution in [0.25, 0.3) is 0 Å². The van der Waals surface area contributed by atoms with Crippen molar-refractivity contribution in [3.8, 4) is 0 Å². The van der Waals surface area contributed by atoms with Crippen molar-refractivity contribution in [3.05, 3.63) is 10.6 Å². The summed E-state index contributed by atoms with van der Waals surface area (Å²) in [4.78, 5) is 16.7. The minimum atomic E-state index is -0.390. The maximum absolute atomic E-state index is 13.3. The summed E-state index contributed by atoms with van der Waals surface area (Å²) in [7, 11) is 0. The number of carbonyl (C=O) groups is 1. The van der Waals surface area contributed by atoms with Gasteiger partial charge < -0.3 is 4.90 Å². The predicted molar refractivity (Wildman–Crippen MR) is 94.1 cm³/mol. The van der Waals surface area contributed by atoms with Crippen molar-refractivity contribution < 1.29 is 4.79 Å². The summed E-state index contributed by atoms with van der Waals surface area (Å²) in [5.74, 6) is 1.05. The largest absolute Gasteiger partial charge is 0.312 e. The fraction of sp³-hybridized carbons (Fsp3) is 0.833. The number of amides is 1. The molecule has 1 rings (SSSR count). The molecule has 0 atom stereocenters. The average molecular weight is 312 g/mol. The van der Waals surface area contributed by atoms with Crippen molar-refractivity contribution in [3.63, 3.8) is 0 Å². The van der Waals surface area contributed by atoms with Gasteiger partial charge in [-0.1, -0.05) is 27.7 Å². The van der Waals surface area contributed by atoms with E-state index in [1.54, 1.807) is 0 Å². The van der Waals surface area contributed by atoms with Gasteiger partial charge in [0.2, 0.25) is 5.91 Å². The molecular weight excluding hydrogens is 278 g/mol. The number of thioether (sulfide) groups is 1. The lowest BCUT2D eigenvalue weighted by Gasteiger charge is -2.41. The molecule has 1 aliphatic rings. The molecule has 0 aromatic rings. The molecule has 21 heavy (non-hydrogen) atoms. The van der Waals surface area contributed by atoms with Crippen LogP contribution < -0.4 is 0 Å². The first-order valence-corrected chi connectivity index (χ1v) is 8.93. The van der Waals surface area contributed by atoms with E-state index in [-0.39, 0.29) is 16.7 Å². The van der Waals surface area contributed by atoms with E-state index >= 15 is 0 Å². The Hall–Kier alpha value is -0.440. The molecule has 0 N–H and O–H groups in total.